The van der Waals surface area contributed by atoms with Crippen molar-refractivity contribution in [1.29, 1.82) is 0 Å². The Hall–Kier alpha value is -0.750. The van der Waals surface area contributed by atoms with E-state index in [2.05, 4.69) is 44.3 Å². The molecule has 0 aliphatic heterocycles. The Bertz CT molecular complexity index is 486. The molecule has 1 atom stereocenters. The van der Waals surface area contributed by atoms with Crippen LogP contribution >= 0.6 is 27.3 Å². The first-order chi connectivity index (χ1) is 8.70. The highest BCUT2D eigenvalue weighted by Gasteiger charge is 2.15. The lowest BCUT2D eigenvalue weighted by atomic mass is 10.1. The molecule has 2 aromatic rings. The molecule has 0 saturated carbocycles. The Balaban J connectivity index is 2.08. The Morgan fingerprint density at radius 2 is 2.17 bits per heavy atom. The normalized spacial score (nSPS) is 12.9. The van der Waals surface area contributed by atoms with Crippen LogP contribution in [0.1, 0.15) is 17.2 Å². The van der Waals surface area contributed by atoms with Crippen molar-refractivity contribution in [3.63, 3.8) is 0 Å². The van der Waals surface area contributed by atoms with Crippen LogP contribution in [0, 0.1) is 0 Å². The molecule has 0 saturated heterocycles. The van der Waals surface area contributed by atoms with Crippen LogP contribution in [-0.2, 0) is 6.54 Å². The minimum absolute atomic E-state index is 0.228. The van der Waals surface area contributed by atoms with Gasteiger partial charge in [0.2, 0.25) is 0 Å². The van der Waals surface area contributed by atoms with E-state index in [1.807, 2.05) is 24.5 Å². The van der Waals surface area contributed by atoms with Gasteiger partial charge in [0.1, 0.15) is 0 Å². The molecule has 0 spiro atoms. The zero-order valence-electron chi connectivity index (χ0n) is 10.2. The maximum absolute atomic E-state index is 5.90. The summed E-state index contributed by atoms with van der Waals surface area (Å²) in [4.78, 5) is 6.31. The number of thiophene rings is 1. The summed E-state index contributed by atoms with van der Waals surface area (Å²) in [5.41, 5.74) is 8.42. The maximum atomic E-state index is 5.90. The van der Waals surface area contributed by atoms with Gasteiger partial charge in [-0.05, 0) is 57.7 Å². The number of aromatic nitrogens is 1. The Morgan fingerprint density at radius 3 is 2.72 bits per heavy atom. The van der Waals surface area contributed by atoms with Gasteiger partial charge in [-0.3, -0.25) is 9.88 Å². The van der Waals surface area contributed by atoms with E-state index in [0.717, 1.165) is 6.54 Å². The Kier molecular flexibility index (Phi) is 4.88. The monoisotopic (exact) mass is 325 g/mol. The van der Waals surface area contributed by atoms with Crippen molar-refractivity contribution in [2.45, 2.75) is 12.6 Å². The number of hydrogen-bond acceptors (Lipinski definition) is 4. The summed E-state index contributed by atoms with van der Waals surface area (Å²) in [6.07, 6.45) is 3.63. The standard InChI is InChI=1S/C13H16BrN3S/c1-17(8-10-6-13(14)18-9-10)12(7-15)11-2-4-16-5-3-11/h2-6,9,12H,7-8,15H2,1H3. The summed E-state index contributed by atoms with van der Waals surface area (Å²) in [6, 6.07) is 6.43. The molecule has 1 unspecified atom stereocenters. The van der Waals surface area contributed by atoms with Crippen molar-refractivity contribution in [2.75, 3.05) is 13.6 Å². The summed E-state index contributed by atoms with van der Waals surface area (Å²) >= 11 is 5.20. The third-order valence-electron chi connectivity index (χ3n) is 2.90. The van der Waals surface area contributed by atoms with Gasteiger partial charge in [0.15, 0.2) is 0 Å². The average molecular weight is 326 g/mol. The van der Waals surface area contributed by atoms with Crippen LogP contribution in [-0.4, -0.2) is 23.5 Å². The number of nitrogens with two attached hydrogens (primary N) is 1. The molecule has 0 fully saturated rings. The highest BCUT2D eigenvalue weighted by atomic mass is 79.9. The minimum Gasteiger partial charge on any atom is -0.329 e. The second-order valence-corrected chi connectivity index (χ2v) is 6.50. The molecule has 0 aromatic carbocycles. The van der Waals surface area contributed by atoms with Crippen molar-refractivity contribution >= 4 is 27.3 Å². The lowest BCUT2D eigenvalue weighted by molar-refractivity contribution is 0.242. The summed E-state index contributed by atoms with van der Waals surface area (Å²) < 4.78 is 1.17. The third-order valence-corrected chi connectivity index (χ3v) is 4.45. The number of halogens is 1. The van der Waals surface area contributed by atoms with Crippen molar-refractivity contribution in [2.24, 2.45) is 5.73 Å². The number of pyridine rings is 1. The van der Waals surface area contributed by atoms with E-state index >= 15 is 0 Å². The molecular weight excluding hydrogens is 310 g/mol. The topological polar surface area (TPSA) is 42.1 Å². The molecular formula is C13H16BrN3S. The van der Waals surface area contributed by atoms with Crippen LogP contribution in [0.2, 0.25) is 0 Å². The predicted octanol–water partition coefficient (Wildman–Crippen LogP) is 3.04. The first-order valence-corrected chi connectivity index (χ1v) is 7.41. The zero-order chi connectivity index (χ0) is 13.0. The predicted molar refractivity (Wildman–Crippen MR) is 79.5 cm³/mol. The van der Waals surface area contributed by atoms with Crippen LogP contribution in [0.25, 0.3) is 0 Å². The summed E-state index contributed by atoms with van der Waals surface area (Å²) in [6.45, 7) is 1.50. The average Bonchev–Trinajstić information content (AvgIpc) is 2.77. The molecule has 96 valence electrons. The van der Waals surface area contributed by atoms with Gasteiger partial charge in [-0.1, -0.05) is 0 Å². The lowest BCUT2D eigenvalue weighted by Crippen LogP contribution is -2.30. The van der Waals surface area contributed by atoms with Crippen molar-refractivity contribution in [3.8, 4) is 0 Å². The first-order valence-electron chi connectivity index (χ1n) is 5.74. The van der Waals surface area contributed by atoms with Crippen LogP contribution in [0.4, 0.5) is 0 Å². The van der Waals surface area contributed by atoms with Gasteiger partial charge in [0.25, 0.3) is 0 Å². The molecule has 2 rings (SSSR count). The fourth-order valence-corrected chi connectivity index (χ4v) is 3.18. The number of rotatable bonds is 5. The lowest BCUT2D eigenvalue weighted by Gasteiger charge is -2.26. The van der Waals surface area contributed by atoms with Gasteiger partial charge in [-0.25, -0.2) is 0 Å². The van der Waals surface area contributed by atoms with E-state index in [-0.39, 0.29) is 6.04 Å². The Morgan fingerprint density at radius 1 is 1.44 bits per heavy atom. The summed E-state index contributed by atoms with van der Waals surface area (Å²) in [5.74, 6) is 0. The van der Waals surface area contributed by atoms with Gasteiger partial charge in [-0.2, -0.15) is 0 Å². The van der Waals surface area contributed by atoms with E-state index in [1.165, 1.54) is 14.9 Å². The van der Waals surface area contributed by atoms with Crippen LogP contribution < -0.4 is 5.73 Å². The second kappa shape index (κ2) is 6.43. The summed E-state index contributed by atoms with van der Waals surface area (Å²) in [5, 5.41) is 2.17. The number of hydrogen-bond donors (Lipinski definition) is 1. The molecule has 0 aliphatic rings. The Labute approximate surface area is 120 Å². The molecule has 0 bridgehead atoms. The van der Waals surface area contributed by atoms with Crippen molar-refractivity contribution < 1.29 is 0 Å². The van der Waals surface area contributed by atoms with Gasteiger partial charge in [0, 0.05) is 31.5 Å². The molecule has 0 aliphatic carbocycles. The van der Waals surface area contributed by atoms with E-state index < -0.39 is 0 Å². The van der Waals surface area contributed by atoms with E-state index in [0.29, 0.717) is 6.54 Å². The molecule has 3 nitrogen and oxygen atoms in total. The zero-order valence-corrected chi connectivity index (χ0v) is 12.6. The van der Waals surface area contributed by atoms with E-state index in [9.17, 15) is 0 Å². The van der Waals surface area contributed by atoms with E-state index in [1.54, 1.807) is 11.3 Å². The number of likely N-dealkylation sites (N-methyl/N-ethyl adjacent to an activating group) is 1. The first kappa shape index (κ1) is 13.7. The SMILES string of the molecule is CN(Cc1csc(Br)c1)C(CN)c1ccncc1. The minimum atomic E-state index is 0.228. The third kappa shape index (κ3) is 3.38. The molecule has 0 amide bonds. The van der Waals surface area contributed by atoms with E-state index in [4.69, 9.17) is 5.73 Å². The fraction of sp³-hybridized carbons (Fsp3) is 0.308. The molecule has 2 aromatic heterocycles. The largest absolute Gasteiger partial charge is 0.329 e. The van der Waals surface area contributed by atoms with Gasteiger partial charge < -0.3 is 5.73 Å². The van der Waals surface area contributed by atoms with Crippen LogP contribution in [0.3, 0.4) is 0 Å². The quantitative estimate of drug-likeness (QED) is 0.918. The maximum Gasteiger partial charge on any atom is 0.0701 e. The molecule has 18 heavy (non-hydrogen) atoms. The summed E-state index contributed by atoms with van der Waals surface area (Å²) in [7, 11) is 2.10. The highest BCUT2D eigenvalue weighted by molar-refractivity contribution is 9.11. The fourth-order valence-electron chi connectivity index (χ4n) is 1.98. The highest BCUT2D eigenvalue weighted by Crippen LogP contribution is 2.24. The smallest absolute Gasteiger partial charge is 0.0701 e. The van der Waals surface area contributed by atoms with Gasteiger partial charge in [0.05, 0.1) is 3.79 Å². The molecule has 0 radical (unpaired) electrons. The van der Waals surface area contributed by atoms with Crippen molar-refractivity contribution in [1.82, 2.24) is 9.88 Å². The van der Waals surface area contributed by atoms with Crippen LogP contribution in [0.15, 0.2) is 39.8 Å². The van der Waals surface area contributed by atoms with Gasteiger partial charge in [-0.15, -0.1) is 11.3 Å². The number of nitrogens with zero attached hydrogens (tertiary/aromatic N) is 2. The van der Waals surface area contributed by atoms with Crippen molar-refractivity contribution in [3.05, 3.63) is 50.9 Å². The second-order valence-electron chi connectivity index (χ2n) is 4.21. The van der Waals surface area contributed by atoms with Gasteiger partial charge >= 0.3 is 0 Å². The molecule has 2 heterocycles. The molecule has 5 heteroatoms. The molecule has 2 N–H and O–H groups in total. The van der Waals surface area contributed by atoms with Crippen LogP contribution in [0.5, 0.6) is 0 Å².